The normalized spacial score (nSPS) is 26.2. The highest BCUT2D eigenvalue weighted by molar-refractivity contribution is 5.94. The number of terminal acetylenes is 1. The van der Waals surface area contributed by atoms with E-state index < -0.39 is 29.2 Å². The fraction of sp³-hybridized carbons (Fsp3) is 0.650. The van der Waals surface area contributed by atoms with E-state index in [0.717, 1.165) is 0 Å². The molecule has 0 bridgehead atoms. The first kappa shape index (κ1) is 22.6. The van der Waals surface area contributed by atoms with Crippen LogP contribution in [0.4, 0.5) is 4.79 Å². The molecule has 0 aromatic rings. The lowest BCUT2D eigenvalue weighted by Crippen LogP contribution is -2.53. The van der Waals surface area contributed by atoms with Gasteiger partial charge >= 0.3 is 12.1 Å². The Morgan fingerprint density at radius 2 is 1.96 bits per heavy atom. The summed E-state index contributed by atoms with van der Waals surface area (Å²) in [6.07, 6.45) is 10.9. The first-order chi connectivity index (χ1) is 12.6. The number of ether oxygens (including phenoxy) is 2. The second kappa shape index (κ2) is 8.94. The Kier molecular flexibility index (Phi) is 7.46. The minimum atomic E-state index is -1.04. The van der Waals surface area contributed by atoms with Gasteiger partial charge in [0.2, 0.25) is 5.91 Å². The van der Waals surface area contributed by atoms with Crippen molar-refractivity contribution in [3.63, 3.8) is 0 Å². The Hall–Kier alpha value is -2.49. The minimum absolute atomic E-state index is 0.146. The Bertz CT molecular complexity index is 607. The number of hydrogen-bond donors (Lipinski definition) is 1. The van der Waals surface area contributed by atoms with E-state index in [1.165, 1.54) is 4.90 Å². The number of carbonyl (C=O) groups is 3. The molecule has 3 atom stereocenters. The second-order valence-corrected chi connectivity index (χ2v) is 7.56. The van der Waals surface area contributed by atoms with Crippen LogP contribution in [-0.4, -0.2) is 53.2 Å². The number of nitrogens with one attached hydrogen (secondary N) is 1. The average Bonchev–Trinajstić information content (AvgIpc) is 3.08. The van der Waals surface area contributed by atoms with Crippen LogP contribution >= 0.6 is 0 Å². The molecule has 0 spiro atoms. The van der Waals surface area contributed by atoms with Crippen molar-refractivity contribution in [2.24, 2.45) is 5.92 Å². The first-order valence-electron chi connectivity index (χ1n) is 9.09. The average molecular weight is 378 g/mol. The fourth-order valence-electron chi connectivity index (χ4n) is 3.14. The van der Waals surface area contributed by atoms with E-state index in [9.17, 15) is 14.4 Å². The number of hydrogen-bond acceptors (Lipinski definition) is 5. The van der Waals surface area contributed by atoms with Crippen LogP contribution in [0.3, 0.4) is 0 Å². The van der Waals surface area contributed by atoms with Gasteiger partial charge in [-0.05, 0) is 47.0 Å². The molecule has 1 saturated heterocycles. The standard InChI is InChI=1S/C18H28N2O5.C2H2/c1-6-12-11-18(12,15(22)24-7-2)19-14(21)13-9-8-10-20(13)16(23)25-17(3,4)5;1-2/h6,12-13H,1,7-11H2,2-5H3,(H,19,21);1-2H/t12-,13+,18-;/m1./s1. The molecular weight excluding hydrogens is 348 g/mol. The molecule has 1 aliphatic carbocycles. The highest BCUT2D eigenvalue weighted by Gasteiger charge is 2.61. The van der Waals surface area contributed by atoms with Crippen molar-refractivity contribution in [1.29, 1.82) is 0 Å². The third kappa shape index (κ3) is 5.25. The molecule has 0 unspecified atom stereocenters. The van der Waals surface area contributed by atoms with Crippen molar-refractivity contribution in [2.45, 2.75) is 64.1 Å². The minimum Gasteiger partial charge on any atom is -0.464 e. The zero-order valence-corrected chi connectivity index (χ0v) is 16.6. The van der Waals surface area contributed by atoms with Gasteiger partial charge in [-0.15, -0.1) is 19.4 Å². The van der Waals surface area contributed by atoms with Crippen LogP contribution in [0.2, 0.25) is 0 Å². The maximum absolute atomic E-state index is 12.7. The third-order valence-electron chi connectivity index (χ3n) is 4.47. The lowest BCUT2D eigenvalue weighted by molar-refractivity contribution is -0.149. The number of nitrogens with zero attached hydrogens (tertiary/aromatic N) is 1. The van der Waals surface area contributed by atoms with Gasteiger partial charge in [0.15, 0.2) is 0 Å². The zero-order chi connectivity index (χ0) is 20.8. The predicted molar refractivity (Wildman–Crippen MR) is 102 cm³/mol. The van der Waals surface area contributed by atoms with Crippen molar-refractivity contribution in [1.82, 2.24) is 10.2 Å². The van der Waals surface area contributed by atoms with Crippen molar-refractivity contribution in [3.05, 3.63) is 12.7 Å². The van der Waals surface area contributed by atoms with Crippen LogP contribution in [0.15, 0.2) is 12.7 Å². The Morgan fingerprint density at radius 3 is 2.44 bits per heavy atom. The van der Waals surface area contributed by atoms with Crippen molar-refractivity contribution in [2.75, 3.05) is 13.2 Å². The smallest absolute Gasteiger partial charge is 0.410 e. The Morgan fingerprint density at radius 1 is 1.33 bits per heavy atom. The summed E-state index contributed by atoms with van der Waals surface area (Å²) in [7, 11) is 0. The first-order valence-corrected chi connectivity index (χ1v) is 9.09. The Labute approximate surface area is 161 Å². The fourth-order valence-corrected chi connectivity index (χ4v) is 3.14. The molecule has 1 heterocycles. The monoisotopic (exact) mass is 378 g/mol. The van der Waals surface area contributed by atoms with Gasteiger partial charge in [-0.1, -0.05) is 6.08 Å². The van der Waals surface area contributed by atoms with E-state index in [4.69, 9.17) is 9.47 Å². The molecule has 0 radical (unpaired) electrons. The summed E-state index contributed by atoms with van der Waals surface area (Å²) in [4.78, 5) is 38.8. The molecule has 7 nitrogen and oxygen atoms in total. The second-order valence-electron chi connectivity index (χ2n) is 7.56. The highest BCUT2D eigenvalue weighted by Crippen LogP contribution is 2.45. The molecule has 1 saturated carbocycles. The lowest BCUT2D eigenvalue weighted by atomic mass is 10.1. The number of esters is 1. The van der Waals surface area contributed by atoms with Crippen LogP contribution in [0, 0.1) is 18.8 Å². The van der Waals surface area contributed by atoms with Crippen LogP contribution in [0.5, 0.6) is 0 Å². The quantitative estimate of drug-likeness (QED) is 0.451. The van der Waals surface area contributed by atoms with Crippen LogP contribution in [0.25, 0.3) is 0 Å². The van der Waals surface area contributed by atoms with Crippen molar-refractivity contribution in [3.8, 4) is 12.8 Å². The summed E-state index contributed by atoms with van der Waals surface area (Å²) >= 11 is 0. The van der Waals surface area contributed by atoms with E-state index >= 15 is 0 Å². The summed E-state index contributed by atoms with van der Waals surface area (Å²) in [5.74, 6) is -0.942. The van der Waals surface area contributed by atoms with Gasteiger partial charge in [0.25, 0.3) is 0 Å². The summed E-state index contributed by atoms with van der Waals surface area (Å²) in [6.45, 7) is 11.5. The van der Waals surface area contributed by atoms with Crippen LogP contribution in [-0.2, 0) is 19.1 Å². The molecule has 2 aliphatic rings. The van der Waals surface area contributed by atoms with Gasteiger partial charge in [0.05, 0.1) is 6.61 Å². The van der Waals surface area contributed by atoms with Gasteiger partial charge in [-0.3, -0.25) is 9.69 Å². The summed E-state index contributed by atoms with van der Waals surface area (Å²) in [5, 5.41) is 2.81. The molecule has 0 aromatic heterocycles. The van der Waals surface area contributed by atoms with Crippen molar-refractivity contribution >= 4 is 18.0 Å². The molecule has 1 N–H and O–H groups in total. The molecule has 2 amide bonds. The molecule has 1 aliphatic heterocycles. The largest absolute Gasteiger partial charge is 0.464 e. The van der Waals surface area contributed by atoms with Crippen molar-refractivity contribution < 1.29 is 23.9 Å². The molecule has 7 heteroatoms. The molecule has 2 fully saturated rings. The van der Waals surface area contributed by atoms with Gasteiger partial charge < -0.3 is 14.8 Å². The van der Waals surface area contributed by atoms with Gasteiger partial charge in [0, 0.05) is 12.5 Å². The highest BCUT2D eigenvalue weighted by atomic mass is 16.6. The molecule has 27 heavy (non-hydrogen) atoms. The number of rotatable bonds is 5. The summed E-state index contributed by atoms with van der Waals surface area (Å²) in [6, 6.07) is -0.632. The molecule has 2 rings (SSSR count). The van der Waals surface area contributed by atoms with Crippen LogP contribution < -0.4 is 5.32 Å². The number of carbonyl (C=O) groups excluding carboxylic acids is 3. The van der Waals surface area contributed by atoms with Crippen LogP contribution in [0.1, 0.15) is 47.0 Å². The molecular formula is C20H30N2O5. The van der Waals surface area contributed by atoms with E-state index in [0.29, 0.717) is 25.8 Å². The summed E-state index contributed by atoms with van der Waals surface area (Å²) < 4.78 is 10.5. The van der Waals surface area contributed by atoms with E-state index in [1.54, 1.807) is 33.8 Å². The third-order valence-corrected chi connectivity index (χ3v) is 4.47. The van der Waals surface area contributed by atoms with E-state index in [1.807, 2.05) is 0 Å². The maximum Gasteiger partial charge on any atom is 0.410 e. The number of amides is 2. The molecule has 0 aromatic carbocycles. The Balaban J connectivity index is 0.00000176. The van der Waals surface area contributed by atoms with Gasteiger partial charge in [-0.25, -0.2) is 9.59 Å². The summed E-state index contributed by atoms with van der Waals surface area (Å²) in [5.41, 5.74) is -1.67. The van der Waals surface area contributed by atoms with E-state index in [-0.39, 0.29) is 18.4 Å². The number of likely N-dealkylation sites (tertiary alicyclic amines) is 1. The van der Waals surface area contributed by atoms with Gasteiger partial charge in [0.1, 0.15) is 17.2 Å². The SMILES string of the molecule is C#C.C=C[C@@H]1C[C@]1(NC(=O)[C@@H]1CCCN1C(=O)OC(C)(C)C)C(=O)OCC. The zero-order valence-electron chi connectivity index (χ0n) is 16.6. The van der Waals surface area contributed by atoms with Gasteiger partial charge in [-0.2, -0.15) is 0 Å². The van der Waals surface area contributed by atoms with E-state index in [2.05, 4.69) is 24.7 Å². The predicted octanol–water partition coefficient (Wildman–Crippen LogP) is 2.26. The molecule has 150 valence electrons. The topological polar surface area (TPSA) is 84.9 Å². The lowest BCUT2D eigenvalue weighted by Gasteiger charge is -2.29. The maximum atomic E-state index is 12.7.